The predicted molar refractivity (Wildman–Crippen MR) is 98.5 cm³/mol. The molecule has 0 aliphatic rings. The lowest BCUT2D eigenvalue weighted by molar-refractivity contribution is -0.0498. The molecule has 0 atom stereocenters. The zero-order valence-electron chi connectivity index (χ0n) is 14.3. The number of carbonyl (C=O) groups excluding carboxylic acids is 1. The average molecular weight is 392 g/mol. The molecule has 0 aliphatic carbocycles. The largest absolute Gasteiger partial charge is 0.435 e. The number of nitrogens with zero attached hydrogens (tertiary/aromatic N) is 2. The van der Waals surface area contributed by atoms with Gasteiger partial charge < -0.3 is 10.1 Å². The maximum Gasteiger partial charge on any atom is 0.387 e. The normalized spacial score (nSPS) is 10.9. The molecule has 1 amide bonds. The minimum atomic E-state index is -2.95. The Labute approximate surface area is 159 Å². The quantitative estimate of drug-likeness (QED) is 0.660. The summed E-state index contributed by atoms with van der Waals surface area (Å²) in [5.41, 5.74) is 2.06. The number of benzene rings is 2. The number of hydrogen-bond acceptors (Lipinski definition) is 3. The Bertz CT molecular complexity index is 942. The topological polar surface area (TPSA) is 56.1 Å². The summed E-state index contributed by atoms with van der Waals surface area (Å²) in [4.78, 5) is 12.4. The van der Waals surface area contributed by atoms with E-state index in [4.69, 9.17) is 11.6 Å². The van der Waals surface area contributed by atoms with Gasteiger partial charge in [0.1, 0.15) is 5.75 Å². The number of amides is 1. The molecule has 5 nitrogen and oxygen atoms in total. The van der Waals surface area contributed by atoms with Crippen LogP contribution in [0.4, 0.5) is 14.6 Å². The molecule has 1 N–H and O–H groups in total. The minimum absolute atomic E-state index is 0.0814. The van der Waals surface area contributed by atoms with Gasteiger partial charge in [-0.25, -0.2) is 0 Å². The Morgan fingerprint density at radius 3 is 2.67 bits per heavy atom. The highest BCUT2D eigenvalue weighted by Gasteiger charge is 2.12. The van der Waals surface area contributed by atoms with Gasteiger partial charge >= 0.3 is 6.61 Å². The first-order valence-electron chi connectivity index (χ1n) is 8.06. The molecule has 8 heteroatoms. The van der Waals surface area contributed by atoms with Gasteiger partial charge in [-0.05, 0) is 42.8 Å². The standard InChI is InChI=1S/C19H16ClF2N3O2/c1-12-9-17(24-25(12)11-13-5-7-15(20)8-6-13)23-18(26)14-3-2-4-16(10-14)27-19(21)22/h2-10,19H,11H2,1H3,(H,23,24,26). The van der Waals surface area contributed by atoms with E-state index in [1.807, 2.05) is 19.1 Å². The molecule has 0 saturated heterocycles. The van der Waals surface area contributed by atoms with Crippen molar-refractivity contribution < 1.29 is 18.3 Å². The van der Waals surface area contributed by atoms with E-state index < -0.39 is 12.5 Å². The van der Waals surface area contributed by atoms with Gasteiger partial charge in [0, 0.05) is 22.3 Å². The van der Waals surface area contributed by atoms with Gasteiger partial charge in [0.05, 0.1) is 6.54 Å². The summed E-state index contributed by atoms with van der Waals surface area (Å²) in [5.74, 6) is -0.181. The number of nitrogens with one attached hydrogen (secondary N) is 1. The first-order chi connectivity index (χ1) is 12.9. The molecular formula is C19H16ClF2N3O2. The lowest BCUT2D eigenvalue weighted by Gasteiger charge is -2.07. The zero-order chi connectivity index (χ0) is 19.4. The summed E-state index contributed by atoms with van der Waals surface area (Å²) in [6.45, 7) is -0.554. The van der Waals surface area contributed by atoms with E-state index in [9.17, 15) is 13.6 Å². The second-order valence-corrected chi connectivity index (χ2v) is 6.25. The molecule has 0 radical (unpaired) electrons. The first kappa shape index (κ1) is 18.8. The van der Waals surface area contributed by atoms with Crippen LogP contribution in [-0.4, -0.2) is 22.3 Å². The molecule has 1 aromatic heterocycles. The van der Waals surface area contributed by atoms with Crippen LogP contribution < -0.4 is 10.1 Å². The van der Waals surface area contributed by atoms with Crippen LogP contribution in [0.2, 0.25) is 5.02 Å². The van der Waals surface area contributed by atoms with Crippen molar-refractivity contribution >= 4 is 23.3 Å². The Balaban J connectivity index is 1.71. The number of aromatic nitrogens is 2. The molecule has 0 spiro atoms. The maximum absolute atomic E-state index is 12.4. The van der Waals surface area contributed by atoms with Crippen LogP contribution in [0, 0.1) is 6.92 Å². The van der Waals surface area contributed by atoms with Crippen molar-refractivity contribution in [1.82, 2.24) is 9.78 Å². The van der Waals surface area contributed by atoms with E-state index in [0.29, 0.717) is 17.4 Å². The van der Waals surface area contributed by atoms with Gasteiger partial charge in [0.15, 0.2) is 5.82 Å². The maximum atomic E-state index is 12.4. The summed E-state index contributed by atoms with van der Waals surface area (Å²) in [6.07, 6.45) is 0. The second-order valence-electron chi connectivity index (χ2n) is 5.82. The van der Waals surface area contributed by atoms with Crippen molar-refractivity contribution in [3.8, 4) is 5.75 Å². The lowest BCUT2D eigenvalue weighted by atomic mass is 10.2. The zero-order valence-corrected chi connectivity index (χ0v) is 15.1. The van der Waals surface area contributed by atoms with Crippen molar-refractivity contribution in [2.45, 2.75) is 20.1 Å². The Hall–Kier alpha value is -2.93. The fourth-order valence-electron chi connectivity index (χ4n) is 2.50. The number of carbonyl (C=O) groups is 1. The van der Waals surface area contributed by atoms with Gasteiger partial charge in [0.2, 0.25) is 0 Å². The predicted octanol–water partition coefficient (Wildman–Crippen LogP) is 4.75. The van der Waals surface area contributed by atoms with Crippen LogP contribution in [-0.2, 0) is 6.54 Å². The van der Waals surface area contributed by atoms with Crippen molar-refractivity contribution in [3.05, 3.63) is 76.4 Å². The number of aryl methyl sites for hydroxylation is 1. The molecule has 0 saturated carbocycles. The molecule has 3 rings (SSSR count). The number of anilines is 1. The molecule has 0 bridgehead atoms. The van der Waals surface area contributed by atoms with E-state index in [2.05, 4.69) is 15.2 Å². The van der Waals surface area contributed by atoms with Crippen LogP contribution in [0.25, 0.3) is 0 Å². The average Bonchev–Trinajstić information content (AvgIpc) is 2.95. The Morgan fingerprint density at radius 2 is 1.96 bits per heavy atom. The summed E-state index contributed by atoms with van der Waals surface area (Å²) < 4.78 is 30.7. The summed E-state index contributed by atoms with van der Waals surface area (Å²) in [5, 5.41) is 7.68. The molecule has 0 fully saturated rings. The lowest BCUT2D eigenvalue weighted by Crippen LogP contribution is -2.13. The van der Waals surface area contributed by atoms with Crippen molar-refractivity contribution in [2.24, 2.45) is 0 Å². The van der Waals surface area contributed by atoms with Gasteiger partial charge in [0.25, 0.3) is 5.91 Å². The molecule has 0 aliphatic heterocycles. The fourth-order valence-corrected chi connectivity index (χ4v) is 2.62. The van der Waals surface area contributed by atoms with Crippen LogP contribution in [0.15, 0.2) is 54.6 Å². The highest BCUT2D eigenvalue weighted by molar-refractivity contribution is 6.30. The van der Waals surface area contributed by atoms with Crippen molar-refractivity contribution in [2.75, 3.05) is 5.32 Å². The van der Waals surface area contributed by atoms with Gasteiger partial charge in [-0.2, -0.15) is 13.9 Å². The third-order valence-electron chi connectivity index (χ3n) is 3.79. The first-order valence-corrected chi connectivity index (χ1v) is 8.43. The third kappa shape index (κ3) is 5.04. The van der Waals surface area contributed by atoms with E-state index in [1.165, 1.54) is 24.3 Å². The van der Waals surface area contributed by atoms with Crippen molar-refractivity contribution in [1.29, 1.82) is 0 Å². The smallest absolute Gasteiger partial charge is 0.387 e. The van der Waals surface area contributed by atoms with Crippen LogP contribution >= 0.6 is 11.6 Å². The van der Waals surface area contributed by atoms with E-state index in [1.54, 1.807) is 22.9 Å². The van der Waals surface area contributed by atoms with Gasteiger partial charge in [-0.1, -0.05) is 29.8 Å². The van der Waals surface area contributed by atoms with Crippen LogP contribution in [0.5, 0.6) is 5.75 Å². The van der Waals surface area contributed by atoms with E-state index >= 15 is 0 Å². The van der Waals surface area contributed by atoms with Crippen molar-refractivity contribution in [3.63, 3.8) is 0 Å². The van der Waals surface area contributed by atoms with E-state index in [0.717, 1.165) is 11.3 Å². The number of ether oxygens (including phenoxy) is 1. The third-order valence-corrected chi connectivity index (χ3v) is 4.04. The van der Waals surface area contributed by atoms with Crippen LogP contribution in [0.3, 0.4) is 0 Å². The Kier molecular flexibility index (Phi) is 5.71. The molecule has 140 valence electrons. The van der Waals surface area contributed by atoms with Gasteiger partial charge in [-0.3, -0.25) is 9.48 Å². The van der Waals surface area contributed by atoms with Crippen LogP contribution in [0.1, 0.15) is 21.6 Å². The fraction of sp³-hybridized carbons (Fsp3) is 0.158. The number of alkyl halides is 2. The molecule has 3 aromatic rings. The summed E-state index contributed by atoms with van der Waals surface area (Å²) in [7, 11) is 0. The minimum Gasteiger partial charge on any atom is -0.435 e. The highest BCUT2D eigenvalue weighted by Crippen LogP contribution is 2.18. The number of halogens is 3. The molecular weight excluding hydrogens is 376 g/mol. The SMILES string of the molecule is Cc1cc(NC(=O)c2cccc(OC(F)F)c2)nn1Cc1ccc(Cl)cc1. The highest BCUT2D eigenvalue weighted by atomic mass is 35.5. The molecule has 0 unspecified atom stereocenters. The summed E-state index contributed by atoms with van der Waals surface area (Å²) >= 11 is 5.88. The Morgan fingerprint density at radius 1 is 1.22 bits per heavy atom. The molecule has 27 heavy (non-hydrogen) atoms. The second kappa shape index (κ2) is 8.18. The number of hydrogen-bond donors (Lipinski definition) is 1. The monoisotopic (exact) mass is 391 g/mol. The van der Waals surface area contributed by atoms with E-state index in [-0.39, 0.29) is 11.3 Å². The molecule has 2 aromatic carbocycles. The molecule has 1 heterocycles. The summed E-state index contributed by atoms with van der Waals surface area (Å²) in [6, 6.07) is 14.7. The van der Waals surface area contributed by atoms with Gasteiger partial charge in [-0.15, -0.1) is 0 Å². The number of rotatable bonds is 6.